The van der Waals surface area contributed by atoms with Crippen molar-refractivity contribution in [3.05, 3.63) is 53.0 Å². The van der Waals surface area contributed by atoms with E-state index in [9.17, 15) is 0 Å². The van der Waals surface area contributed by atoms with Crippen molar-refractivity contribution in [3.8, 4) is 0 Å². The average molecular weight is 326 g/mol. The Hall–Kier alpha value is -1.98. The third kappa shape index (κ3) is 4.10. The third-order valence-electron chi connectivity index (χ3n) is 4.45. The fourth-order valence-electron chi connectivity index (χ4n) is 3.03. The highest BCUT2D eigenvalue weighted by atomic mass is 16.5. The van der Waals surface area contributed by atoms with E-state index in [0.29, 0.717) is 12.6 Å². The Morgan fingerprint density at radius 2 is 2.00 bits per heavy atom. The summed E-state index contributed by atoms with van der Waals surface area (Å²) in [6.45, 7) is 7.59. The number of hydrogen-bond donors (Lipinski definition) is 1. The smallest absolute Gasteiger partial charge is 0.130 e. The van der Waals surface area contributed by atoms with Crippen molar-refractivity contribution in [3.63, 3.8) is 0 Å². The summed E-state index contributed by atoms with van der Waals surface area (Å²) in [5.74, 6) is 1.70. The number of hydrogen-bond acceptors (Lipinski definition) is 5. The molecule has 128 valence electrons. The van der Waals surface area contributed by atoms with Crippen molar-refractivity contribution in [1.29, 1.82) is 0 Å². The van der Waals surface area contributed by atoms with E-state index in [1.807, 2.05) is 6.92 Å². The number of methoxy groups -OCH3 is 1. The molecule has 0 spiro atoms. The Kier molecular flexibility index (Phi) is 5.43. The zero-order valence-electron chi connectivity index (χ0n) is 14.7. The molecule has 24 heavy (non-hydrogen) atoms. The molecule has 1 aliphatic rings. The topological polar surface area (TPSA) is 50.3 Å². The number of nitrogens with zero attached hydrogens (tertiary/aromatic N) is 3. The zero-order chi connectivity index (χ0) is 16.9. The van der Waals surface area contributed by atoms with Crippen LogP contribution in [0.1, 0.15) is 35.1 Å². The van der Waals surface area contributed by atoms with Gasteiger partial charge in [-0.05, 0) is 25.8 Å². The molecule has 1 aliphatic heterocycles. The standard InChI is InChI=1S/C19H26N4O/c1-14-4-6-16(7-5-14)13-23-10-8-18(23)17-12-19(20-9-11-24-3)22-15(2)21-17/h4-7,12,18H,8-11,13H2,1-3H3,(H,20,21,22)/t18-/m1/s1. The second kappa shape index (κ2) is 7.73. The minimum Gasteiger partial charge on any atom is -0.383 e. The second-order valence-electron chi connectivity index (χ2n) is 6.41. The number of likely N-dealkylation sites (tertiary alicyclic amines) is 1. The molecule has 2 aromatic rings. The summed E-state index contributed by atoms with van der Waals surface area (Å²) >= 11 is 0. The van der Waals surface area contributed by atoms with Gasteiger partial charge in [-0.15, -0.1) is 0 Å². The molecule has 1 N–H and O–H groups in total. The zero-order valence-corrected chi connectivity index (χ0v) is 14.7. The van der Waals surface area contributed by atoms with Gasteiger partial charge in [0.1, 0.15) is 11.6 Å². The number of anilines is 1. The molecular weight excluding hydrogens is 300 g/mol. The van der Waals surface area contributed by atoms with E-state index in [4.69, 9.17) is 4.74 Å². The number of aromatic nitrogens is 2. The van der Waals surface area contributed by atoms with Crippen LogP contribution in [0.4, 0.5) is 5.82 Å². The van der Waals surface area contributed by atoms with Crippen LogP contribution in [0.25, 0.3) is 0 Å². The van der Waals surface area contributed by atoms with Crippen molar-refractivity contribution >= 4 is 5.82 Å². The van der Waals surface area contributed by atoms with Crippen LogP contribution in [0.15, 0.2) is 30.3 Å². The predicted octanol–water partition coefficient (Wildman–Crippen LogP) is 3.10. The molecule has 5 heteroatoms. The van der Waals surface area contributed by atoms with E-state index in [2.05, 4.69) is 57.4 Å². The maximum absolute atomic E-state index is 5.08. The van der Waals surface area contributed by atoms with Gasteiger partial charge in [-0.2, -0.15) is 0 Å². The number of aryl methyl sites for hydroxylation is 2. The maximum atomic E-state index is 5.08. The molecule has 0 bridgehead atoms. The summed E-state index contributed by atoms with van der Waals surface area (Å²) in [5.41, 5.74) is 3.77. The Morgan fingerprint density at radius 3 is 2.67 bits per heavy atom. The predicted molar refractivity (Wildman–Crippen MR) is 96.1 cm³/mol. The Morgan fingerprint density at radius 1 is 1.21 bits per heavy atom. The van der Waals surface area contributed by atoms with Gasteiger partial charge in [-0.25, -0.2) is 9.97 Å². The lowest BCUT2D eigenvalue weighted by Crippen LogP contribution is -2.40. The van der Waals surface area contributed by atoms with E-state index in [1.165, 1.54) is 11.1 Å². The summed E-state index contributed by atoms with van der Waals surface area (Å²) in [5, 5.41) is 3.31. The lowest BCUT2D eigenvalue weighted by Gasteiger charge is -2.40. The van der Waals surface area contributed by atoms with Gasteiger partial charge < -0.3 is 10.1 Å². The quantitative estimate of drug-likeness (QED) is 0.792. The molecule has 0 aliphatic carbocycles. The first kappa shape index (κ1) is 16.9. The molecule has 0 unspecified atom stereocenters. The van der Waals surface area contributed by atoms with Crippen LogP contribution in [-0.4, -0.2) is 41.7 Å². The lowest BCUT2D eigenvalue weighted by molar-refractivity contribution is 0.0785. The number of nitrogens with one attached hydrogen (secondary N) is 1. The van der Waals surface area contributed by atoms with Gasteiger partial charge in [-0.1, -0.05) is 29.8 Å². The Bertz CT molecular complexity index is 672. The van der Waals surface area contributed by atoms with Crippen molar-refractivity contribution < 1.29 is 4.74 Å². The molecule has 0 amide bonds. The summed E-state index contributed by atoms with van der Waals surface area (Å²) in [4.78, 5) is 11.6. The van der Waals surface area contributed by atoms with Crippen molar-refractivity contribution in [1.82, 2.24) is 14.9 Å². The second-order valence-corrected chi connectivity index (χ2v) is 6.41. The highest BCUT2D eigenvalue weighted by Gasteiger charge is 2.30. The average Bonchev–Trinajstić information content (AvgIpc) is 2.53. The van der Waals surface area contributed by atoms with Crippen LogP contribution in [0.2, 0.25) is 0 Å². The molecule has 1 aromatic heterocycles. The van der Waals surface area contributed by atoms with Crippen LogP contribution in [-0.2, 0) is 11.3 Å². The van der Waals surface area contributed by atoms with E-state index in [0.717, 1.165) is 43.4 Å². The van der Waals surface area contributed by atoms with E-state index in [1.54, 1.807) is 7.11 Å². The lowest BCUT2D eigenvalue weighted by atomic mass is 9.97. The van der Waals surface area contributed by atoms with Gasteiger partial charge in [0.25, 0.3) is 0 Å². The molecule has 0 radical (unpaired) electrons. The number of benzene rings is 1. The van der Waals surface area contributed by atoms with Gasteiger partial charge in [0, 0.05) is 32.8 Å². The monoisotopic (exact) mass is 326 g/mol. The molecule has 1 aromatic carbocycles. The van der Waals surface area contributed by atoms with Crippen molar-refractivity contribution in [2.75, 3.05) is 32.1 Å². The van der Waals surface area contributed by atoms with Gasteiger partial charge in [0.15, 0.2) is 0 Å². The van der Waals surface area contributed by atoms with E-state index in [-0.39, 0.29) is 0 Å². The van der Waals surface area contributed by atoms with Crippen LogP contribution < -0.4 is 5.32 Å². The SMILES string of the molecule is COCCNc1cc([C@H]2CCN2Cc2ccc(C)cc2)nc(C)n1. The van der Waals surface area contributed by atoms with Crippen molar-refractivity contribution in [2.24, 2.45) is 0 Å². The number of ether oxygens (including phenoxy) is 1. The molecular formula is C19H26N4O. The molecule has 1 atom stereocenters. The summed E-state index contributed by atoms with van der Waals surface area (Å²) < 4.78 is 5.08. The number of rotatable bonds is 7. The van der Waals surface area contributed by atoms with Gasteiger partial charge in [0.05, 0.1) is 18.3 Å². The third-order valence-corrected chi connectivity index (χ3v) is 4.45. The maximum Gasteiger partial charge on any atom is 0.130 e. The minimum atomic E-state index is 0.385. The van der Waals surface area contributed by atoms with Gasteiger partial charge in [-0.3, -0.25) is 4.90 Å². The van der Waals surface area contributed by atoms with Gasteiger partial charge in [0.2, 0.25) is 0 Å². The summed E-state index contributed by atoms with van der Waals surface area (Å²) in [7, 11) is 1.70. The normalized spacial score (nSPS) is 17.5. The highest BCUT2D eigenvalue weighted by molar-refractivity contribution is 5.37. The van der Waals surface area contributed by atoms with Gasteiger partial charge >= 0.3 is 0 Å². The summed E-state index contributed by atoms with van der Waals surface area (Å²) in [6.07, 6.45) is 1.15. The largest absolute Gasteiger partial charge is 0.383 e. The minimum absolute atomic E-state index is 0.385. The van der Waals surface area contributed by atoms with Crippen LogP contribution in [0, 0.1) is 13.8 Å². The molecule has 5 nitrogen and oxygen atoms in total. The fraction of sp³-hybridized carbons (Fsp3) is 0.474. The molecule has 0 saturated carbocycles. The van der Waals surface area contributed by atoms with Crippen LogP contribution >= 0.6 is 0 Å². The molecule has 1 fully saturated rings. The molecule has 2 heterocycles. The first-order chi connectivity index (χ1) is 11.7. The Balaban J connectivity index is 1.68. The molecule has 1 saturated heterocycles. The summed E-state index contributed by atoms with van der Waals surface area (Å²) in [6, 6.07) is 11.2. The fourth-order valence-corrected chi connectivity index (χ4v) is 3.03. The van der Waals surface area contributed by atoms with Crippen LogP contribution in [0.5, 0.6) is 0 Å². The highest BCUT2D eigenvalue weighted by Crippen LogP contribution is 2.34. The van der Waals surface area contributed by atoms with E-state index >= 15 is 0 Å². The van der Waals surface area contributed by atoms with Crippen LogP contribution in [0.3, 0.4) is 0 Å². The Labute approximate surface area is 144 Å². The van der Waals surface area contributed by atoms with Crippen molar-refractivity contribution in [2.45, 2.75) is 32.9 Å². The molecule has 3 rings (SSSR count). The first-order valence-electron chi connectivity index (χ1n) is 8.53. The van der Waals surface area contributed by atoms with E-state index < -0.39 is 0 Å². The first-order valence-corrected chi connectivity index (χ1v) is 8.53.